The fourth-order valence-electron chi connectivity index (χ4n) is 2.00. The number of halogens is 1. The van der Waals surface area contributed by atoms with Crippen molar-refractivity contribution in [3.05, 3.63) is 24.1 Å². The third-order valence-corrected chi connectivity index (χ3v) is 14.7. The van der Waals surface area contributed by atoms with Gasteiger partial charge < -0.3 is 0 Å². The van der Waals surface area contributed by atoms with Gasteiger partial charge in [0.25, 0.3) is 0 Å². The van der Waals surface area contributed by atoms with Crippen LogP contribution in [0.25, 0.3) is 0 Å². The number of hydrogen-bond acceptors (Lipinski definition) is 1. The Bertz CT molecular complexity index is 289. The van der Waals surface area contributed by atoms with Gasteiger partial charge in [0.05, 0.1) is 0 Å². The van der Waals surface area contributed by atoms with E-state index in [1.54, 1.807) is 6.07 Å². The summed E-state index contributed by atoms with van der Waals surface area (Å²) in [4.78, 5) is 4.07. The number of nitrogens with zero attached hydrogens (tertiary/aromatic N) is 1. The molecule has 14 heavy (non-hydrogen) atoms. The van der Waals surface area contributed by atoms with Crippen molar-refractivity contribution in [3.63, 3.8) is 0 Å². The summed E-state index contributed by atoms with van der Waals surface area (Å²) >= 11 is -2.01. The Kier molecular flexibility index (Phi) is 4.11. The summed E-state index contributed by atoms with van der Waals surface area (Å²) < 4.78 is 14.1. The van der Waals surface area contributed by atoms with Gasteiger partial charge in [0.2, 0.25) is 0 Å². The Morgan fingerprint density at radius 2 is 1.71 bits per heavy atom. The third kappa shape index (κ3) is 2.16. The summed E-state index contributed by atoms with van der Waals surface area (Å²) in [5.74, 6) is -0.326. The first kappa shape index (κ1) is 11.7. The monoisotopic (exact) mass is 257 g/mol. The first-order valence-corrected chi connectivity index (χ1v) is 10.8. The molecule has 0 aromatic carbocycles. The summed E-state index contributed by atoms with van der Waals surface area (Å²) in [7, 11) is 0. The first-order valence-electron chi connectivity index (χ1n) is 5.31. The van der Waals surface area contributed by atoms with E-state index in [0.29, 0.717) is 0 Å². The number of pyridine rings is 1. The summed E-state index contributed by atoms with van der Waals surface area (Å²) in [6, 6.07) is 5.23. The van der Waals surface area contributed by atoms with E-state index in [0.717, 1.165) is 4.53 Å². The van der Waals surface area contributed by atoms with Gasteiger partial charge in [-0.2, -0.15) is 0 Å². The fraction of sp³-hybridized carbons (Fsp3) is 0.545. The van der Waals surface area contributed by atoms with Crippen LogP contribution in [0.5, 0.6) is 0 Å². The van der Waals surface area contributed by atoms with Gasteiger partial charge in [0.15, 0.2) is 0 Å². The number of hydrogen-bond donors (Lipinski definition) is 0. The molecule has 1 aromatic heterocycles. The predicted molar refractivity (Wildman–Crippen MR) is 61.0 cm³/mol. The van der Waals surface area contributed by atoms with Crippen LogP contribution in [0.1, 0.15) is 20.8 Å². The number of aromatic nitrogens is 1. The predicted octanol–water partition coefficient (Wildman–Crippen LogP) is 2.94. The second-order valence-electron chi connectivity index (χ2n) is 3.69. The maximum absolute atomic E-state index is 13.0. The van der Waals surface area contributed by atoms with Gasteiger partial charge in [0, 0.05) is 0 Å². The molecule has 0 saturated heterocycles. The van der Waals surface area contributed by atoms with Gasteiger partial charge in [-0.25, -0.2) is 0 Å². The minimum atomic E-state index is -2.01. The van der Waals surface area contributed by atoms with Crippen LogP contribution >= 0.6 is 0 Å². The second kappa shape index (κ2) is 4.92. The van der Waals surface area contributed by atoms with Crippen molar-refractivity contribution in [2.45, 2.75) is 36.5 Å². The van der Waals surface area contributed by atoms with Gasteiger partial charge in [-0.1, -0.05) is 0 Å². The van der Waals surface area contributed by atoms with Crippen molar-refractivity contribution in [3.8, 4) is 0 Å². The summed E-state index contributed by atoms with van der Waals surface area (Å²) in [6.45, 7) is 6.67. The molecule has 0 radical (unpaired) electrons. The Morgan fingerprint density at radius 1 is 1.14 bits per heavy atom. The quantitative estimate of drug-likeness (QED) is 0.596. The van der Waals surface area contributed by atoms with Gasteiger partial charge >= 0.3 is 87.8 Å². The van der Waals surface area contributed by atoms with Crippen molar-refractivity contribution in [1.29, 1.82) is 0 Å². The van der Waals surface area contributed by atoms with Crippen LogP contribution in [0.15, 0.2) is 18.2 Å². The van der Waals surface area contributed by atoms with Gasteiger partial charge in [-0.15, -0.1) is 0 Å². The van der Waals surface area contributed by atoms with E-state index in [1.807, 2.05) is 6.07 Å². The molecule has 1 aromatic rings. The molecule has 1 heterocycles. The summed E-state index contributed by atoms with van der Waals surface area (Å²) in [5, 5.41) is 3.59. The molecule has 0 bridgehead atoms. The molecular formula is C11H18FGeN. The van der Waals surface area contributed by atoms with E-state index in [-0.39, 0.29) is 5.95 Å². The molecular weight excluding hydrogens is 238 g/mol. The molecule has 1 nitrogen and oxygen atoms in total. The Labute approximate surface area is 88.1 Å². The van der Waals surface area contributed by atoms with Crippen molar-refractivity contribution >= 4 is 17.8 Å². The zero-order valence-corrected chi connectivity index (χ0v) is 11.3. The van der Waals surface area contributed by atoms with Crippen LogP contribution in [-0.4, -0.2) is 18.3 Å². The number of rotatable bonds is 4. The molecule has 0 saturated carbocycles. The average molecular weight is 256 g/mol. The molecule has 0 fully saturated rings. The fourth-order valence-corrected chi connectivity index (χ4v) is 9.09. The molecule has 0 spiro atoms. The molecule has 0 unspecified atom stereocenters. The van der Waals surface area contributed by atoms with Crippen LogP contribution in [0.4, 0.5) is 4.39 Å². The molecule has 3 heteroatoms. The second-order valence-corrected chi connectivity index (χ2v) is 14.6. The minimum absolute atomic E-state index is 0.326. The van der Waals surface area contributed by atoms with E-state index in [1.165, 1.54) is 21.8 Å². The normalized spacial score (nSPS) is 11.7. The van der Waals surface area contributed by atoms with E-state index >= 15 is 0 Å². The topological polar surface area (TPSA) is 12.9 Å². The van der Waals surface area contributed by atoms with E-state index in [4.69, 9.17) is 0 Å². The molecule has 0 aliphatic carbocycles. The SMILES string of the molecule is C[CH2][Ge]([CH2]C)([CH2]C)[c]1cccc(F)n1. The molecule has 0 aliphatic rings. The van der Waals surface area contributed by atoms with Crippen molar-refractivity contribution < 1.29 is 4.39 Å². The molecule has 78 valence electrons. The molecule has 0 atom stereocenters. The maximum atomic E-state index is 13.0. The van der Waals surface area contributed by atoms with Crippen LogP contribution in [0, 0.1) is 5.95 Å². The Morgan fingerprint density at radius 3 is 2.14 bits per heavy atom. The van der Waals surface area contributed by atoms with Gasteiger partial charge in [-0.05, 0) is 0 Å². The first-order chi connectivity index (χ1) is 6.68. The van der Waals surface area contributed by atoms with E-state index in [9.17, 15) is 4.39 Å². The Balaban J connectivity index is 3.10. The molecule has 0 aliphatic heterocycles. The standard InChI is InChI=1S/C11H18FGeN/c1-4-13(5-2,6-3)11-9-7-8-10(12)14-11/h7-9H,4-6H2,1-3H3. The van der Waals surface area contributed by atoms with Crippen molar-refractivity contribution in [1.82, 2.24) is 4.98 Å². The molecule has 0 N–H and O–H groups in total. The zero-order chi connectivity index (χ0) is 10.6. The third-order valence-electron chi connectivity index (χ3n) is 3.29. The van der Waals surface area contributed by atoms with Gasteiger partial charge in [0.1, 0.15) is 0 Å². The van der Waals surface area contributed by atoms with Crippen molar-refractivity contribution in [2.24, 2.45) is 0 Å². The van der Waals surface area contributed by atoms with Crippen LogP contribution in [0.3, 0.4) is 0 Å². The average Bonchev–Trinajstić information content (AvgIpc) is 2.22. The molecule has 1 rings (SSSR count). The molecule has 0 amide bonds. The van der Waals surface area contributed by atoms with Crippen molar-refractivity contribution in [2.75, 3.05) is 0 Å². The summed E-state index contributed by atoms with van der Waals surface area (Å²) in [6.07, 6.45) is 0. The van der Waals surface area contributed by atoms with Crippen LogP contribution in [-0.2, 0) is 0 Å². The van der Waals surface area contributed by atoms with Crippen LogP contribution < -0.4 is 4.53 Å². The van der Waals surface area contributed by atoms with E-state index < -0.39 is 13.3 Å². The van der Waals surface area contributed by atoms with E-state index in [2.05, 4.69) is 25.8 Å². The van der Waals surface area contributed by atoms with Crippen LogP contribution in [0.2, 0.25) is 15.8 Å². The zero-order valence-electron chi connectivity index (χ0n) is 9.18. The van der Waals surface area contributed by atoms with Gasteiger partial charge in [-0.3, -0.25) is 0 Å². The Hall–Kier alpha value is -0.377. The summed E-state index contributed by atoms with van der Waals surface area (Å²) in [5.41, 5.74) is 0.